The van der Waals surface area contributed by atoms with Crippen molar-refractivity contribution in [3.63, 3.8) is 0 Å². The lowest BCUT2D eigenvalue weighted by molar-refractivity contribution is -0.113. The van der Waals surface area contributed by atoms with Crippen molar-refractivity contribution >= 4 is 40.6 Å². The summed E-state index contributed by atoms with van der Waals surface area (Å²) >= 11 is 1.26. The second-order valence-electron chi connectivity index (χ2n) is 7.34. The van der Waals surface area contributed by atoms with Gasteiger partial charge in [0.15, 0.2) is 10.8 Å². The minimum atomic E-state index is -0.228. The van der Waals surface area contributed by atoms with Gasteiger partial charge in [-0.1, -0.05) is 48.5 Å². The highest BCUT2D eigenvalue weighted by molar-refractivity contribution is 7.99. The van der Waals surface area contributed by atoms with Crippen LogP contribution in [0.4, 0.5) is 11.4 Å². The number of benzene rings is 2. The summed E-state index contributed by atoms with van der Waals surface area (Å²) in [6.45, 7) is 4.08. The first-order valence-electron chi connectivity index (χ1n) is 10.3. The van der Waals surface area contributed by atoms with E-state index in [1.165, 1.54) is 17.3 Å². The van der Waals surface area contributed by atoms with Crippen LogP contribution < -0.4 is 10.6 Å². The minimum Gasteiger partial charge on any atom is -0.325 e. The number of anilines is 2. The molecule has 0 aliphatic rings. The van der Waals surface area contributed by atoms with Gasteiger partial charge in [0, 0.05) is 17.6 Å². The molecule has 0 aliphatic carbocycles. The lowest BCUT2D eigenvalue weighted by atomic mass is 10.1. The summed E-state index contributed by atoms with van der Waals surface area (Å²) in [5.74, 6) is -0.186. The Morgan fingerprint density at radius 3 is 2.31 bits per heavy atom. The van der Waals surface area contributed by atoms with Gasteiger partial charge in [0.05, 0.1) is 11.3 Å². The van der Waals surface area contributed by atoms with E-state index in [-0.39, 0.29) is 17.6 Å². The summed E-state index contributed by atoms with van der Waals surface area (Å²) in [5, 5.41) is 14.6. The van der Waals surface area contributed by atoms with Gasteiger partial charge in [0.2, 0.25) is 5.91 Å². The lowest BCUT2D eigenvalue weighted by Gasteiger charge is -2.07. The number of fused-ring (bicyclic) bond motifs is 1. The molecular weight excluding hydrogens is 422 g/mol. The van der Waals surface area contributed by atoms with E-state index in [0.717, 1.165) is 23.4 Å². The van der Waals surface area contributed by atoms with Gasteiger partial charge >= 0.3 is 0 Å². The number of carbonyl (C=O) groups excluding carboxylic acids is 2. The average molecular weight is 446 g/mol. The summed E-state index contributed by atoms with van der Waals surface area (Å²) in [4.78, 5) is 25.0. The molecule has 4 aromatic rings. The molecule has 2 aromatic heterocycles. The molecule has 4 rings (SSSR count). The summed E-state index contributed by atoms with van der Waals surface area (Å²) in [6, 6.07) is 18.8. The van der Waals surface area contributed by atoms with E-state index in [1.54, 1.807) is 22.7 Å². The van der Waals surface area contributed by atoms with Crippen molar-refractivity contribution in [1.29, 1.82) is 0 Å². The highest BCUT2D eigenvalue weighted by Crippen LogP contribution is 2.19. The lowest BCUT2D eigenvalue weighted by Crippen LogP contribution is -2.14. The number of hydrogen-bond acceptors (Lipinski definition) is 5. The molecule has 0 saturated carbocycles. The average Bonchev–Trinajstić information content (AvgIpc) is 3.22. The van der Waals surface area contributed by atoms with E-state index < -0.39 is 0 Å². The molecular formula is C24H23N5O2S. The van der Waals surface area contributed by atoms with Crippen LogP contribution in [0, 0.1) is 6.92 Å². The third kappa shape index (κ3) is 5.15. The van der Waals surface area contributed by atoms with Crippen LogP contribution in [-0.4, -0.2) is 32.2 Å². The van der Waals surface area contributed by atoms with Crippen LogP contribution in [0.3, 0.4) is 0 Å². The Labute approximate surface area is 190 Å². The SMILES string of the molecule is CCc1ccc(NC(=O)CSc2nnc3ccc(C(=O)Nc4ccc(C)cc4)cn23)cc1. The highest BCUT2D eigenvalue weighted by atomic mass is 32.2. The van der Waals surface area contributed by atoms with E-state index in [9.17, 15) is 9.59 Å². The second-order valence-corrected chi connectivity index (χ2v) is 8.28. The molecule has 0 spiro atoms. The van der Waals surface area contributed by atoms with Crippen molar-refractivity contribution in [1.82, 2.24) is 14.6 Å². The topological polar surface area (TPSA) is 88.4 Å². The monoisotopic (exact) mass is 445 g/mol. The molecule has 8 heteroatoms. The van der Waals surface area contributed by atoms with Crippen LogP contribution in [0.25, 0.3) is 5.65 Å². The molecule has 162 valence electrons. The molecule has 0 fully saturated rings. The molecule has 2 N–H and O–H groups in total. The first kappa shape index (κ1) is 21.6. The number of aryl methyl sites for hydroxylation is 2. The molecule has 2 heterocycles. The molecule has 2 amide bonds. The molecule has 32 heavy (non-hydrogen) atoms. The fourth-order valence-electron chi connectivity index (χ4n) is 3.09. The highest BCUT2D eigenvalue weighted by Gasteiger charge is 2.13. The predicted molar refractivity (Wildman–Crippen MR) is 127 cm³/mol. The summed E-state index contributed by atoms with van der Waals surface area (Å²) in [6.07, 6.45) is 2.64. The first-order valence-corrected chi connectivity index (χ1v) is 11.2. The minimum absolute atomic E-state index is 0.135. The van der Waals surface area contributed by atoms with Gasteiger partial charge in [-0.3, -0.25) is 14.0 Å². The maximum atomic E-state index is 12.7. The maximum absolute atomic E-state index is 12.7. The number of rotatable bonds is 7. The standard InChI is InChI=1S/C24H23N5O2S/c1-3-17-6-11-19(12-7-17)25-22(30)15-32-24-28-27-21-13-8-18(14-29(21)24)23(31)26-20-9-4-16(2)5-10-20/h4-14H,3,15H2,1-2H3,(H,25,30)(H,26,31). The number of hydrogen-bond donors (Lipinski definition) is 2. The van der Waals surface area contributed by atoms with Crippen molar-refractivity contribution < 1.29 is 9.59 Å². The number of nitrogens with zero attached hydrogens (tertiary/aromatic N) is 3. The van der Waals surface area contributed by atoms with Crippen molar-refractivity contribution in [3.05, 3.63) is 83.6 Å². The number of carbonyl (C=O) groups is 2. The molecule has 0 saturated heterocycles. The zero-order valence-corrected chi connectivity index (χ0v) is 18.6. The van der Waals surface area contributed by atoms with E-state index >= 15 is 0 Å². The fourth-order valence-corrected chi connectivity index (χ4v) is 3.81. The predicted octanol–water partition coefficient (Wildman–Crippen LogP) is 4.58. The van der Waals surface area contributed by atoms with Gasteiger partial charge in [-0.05, 0) is 55.3 Å². The molecule has 0 aliphatic heterocycles. The van der Waals surface area contributed by atoms with Crippen LogP contribution in [0.15, 0.2) is 72.0 Å². The van der Waals surface area contributed by atoms with Crippen molar-refractivity contribution in [3.8, 4) is 0 Å². The molecule has 0 atom stereocenters. The Morgan fingerprint density at radius 1 is 0.906 bits per heavy atom. The van der Waals surface area contributed by atoms with Crippen molar-refractivity contribution in [2.75, 3.05) is 16.4 Å². The summed E-state index contributed by atoms with van der Waals surface area (Å²) < 4.78 is 1.72. The Morgan fingerprint density at radius 2 is 1.59 bits per heavy atom. The molecule has 7 nitrogen and oxygen atoms in total. The van der Waals surface area contributed by atoms with Gasteiger partial charge in [-0.15, -0.1) is 10.2 Å². The summed E-state index contributed by atoms with van der Waals surface area (Å²) in [7, 11) is 0. The normalized spacial score (nSPS) is 10.8. The Balaban J connectivity index is 1.42. The van der Waals surface area contributed by atoms with Crippen molar-refractivity contribution in [2.24, 2.45) is 0 Å². The summed E-state index contributed by atoms with van der Waals surface area (Å²) in [5.41, 5.74) is 4.90. The third-order valence-electron chi connectivity index (χ3n) is 4.92. The molecule has 0 bridgehead atoms. The van der Waals surface area contributed by atoms with Crippen molar-refractivity contribution in [2.45, 2.75) is 25.4 Å². The van der Waals surface area contributed by atoms with E-state index in [0.29, 0.717) is 16.4 Å². The number of aromatic nitrogens is 3. The van der Waals surface area contributed by atoms with Gasteiger partial charge in [0.1, 0.15) is 0 Å². The van der Waals surface area contributed by atoms with Gasteiger partial charge in [0.25, 0.3) is 5.91 Å². The third-order valence-corrected chi connectivity index (χ3v) is 5.86. The quantitative estimate of drug-likeness (QED) is 0.407. The van der Waals surface area contributed by atoms with Crippen LogP contribution in [0.1, 0.15) is 28.4 Å². The largest absolute Gasteiger partial charge is 0.325 e. The van der Waals surface area contributed by atoms with Gasteiger partial charge < -0.3 is 10.6 Å². The van der Waals surface area contributed by atoms with Gasteiger partial charge in [-0.2, -0.15) is 0 Å². The zero-order valence-electron chi connectivity index (χ0n) is 17.8. The molecule has 2 aromatic carbocycles. The Bertz CT molecular complexity index is 1250. The van der Waals surface area contributed by atoms with Crippen LogP contribution >= 0.6 is 11.8 Å². The smallest absolute Gasteiger partial charge is 0.257 e. The van der Waals surface area contributed by atoms with Crippen LogP contribution in [0.5, 0.6) is 0 Å². The van der Waals surface area contributed by atoms with Crippen LogP contribution in [-0.2, 0) is 11.2 Å². The van der Waals surface area contributed by atoms with Gasteiger partial charge in [-0.25, -0.2) is 0 Å². The van der Waals surface area contributed by atoms with E-state index in [2.05, 4.69) is 27.8 Å². The number of thioether (sulfide) groups is 1. The number of amides is 2. The Kier molecular flexibility index (Phi) is 6.51. The molecule has 0 radical (unpaired) electrons. The maximum Gasteiger partial charge on any atom is 0.257 e. The first-order chi connectivity index (χ1) is 15.5. The van der Waals surface area contributed by atoms with E-state index in [1.807, 2.05) is 55.5 Å². The second kappa shape index (κ2) is 9.65. The van der Waals surface area contributed by atoms with E-state index in [4.69, 9.17) is 0 Å². The number of nitrogens with one attached hydrogen (secondary N) is 2. The van der Waals surface area contributed by atoms with Crippen LogP contribution in [0.2, 0.25) is 0 Å². The fraction of sp³-hybridized carbons (Fsp3) is 0.167. The number of pyridine rings is 1. The zero-order chi connectivity index (χ0) is 22.5. The Hall–Kier alpha value is -3.65. The molecule has 0 unspecified atom stereocenters.